The number of hydrogen-bond donors (Lipinski definition) is 0. The zero-order valence-corrected chi connectivity index (χ0v) is 8.35. The molecule has 0 aliphatic carbocycles. The van der Waals surface area contributed by atoms with Crippen molar-refractivity contribution in [2.45, 2.75) is 11.8 Å². The first-order chi connectivity index (χ1) is 5.49. The van der Waals surface area contributed by atoms with E-state index in [0.29, 0.717) is 0 Å². The highest BCUT2D eigenvalue weighted by molar-refractivity contribution is 7.91. The van der Waals surface area contributed by atoms with Crippen LogP contribution in [-0.4, -0.2) is 24.0 Å². The molecule has 1 aromatic heterocycles. The topological polar surface area (TPSA) is 52.0 Å². The quantitative estimate of drug-likeness (QED) is 0.725. The summed E-state index contributed by atoms with van der Waals surface area (Å²) in [6.45, 7) is 1.57. The Morgan fingerprint density at radius 1 is 1.67 bits per heavy atom. The van der Waals surface area contributed by atoms with Gasteiger partial charge in [0.05, 0.1) is 11.9 Å². The van der Waals surface area contributed by atoms with Crippen molar-refractivity contribution in [3.05, 3.63) is 11.3 Å². The first-order valence-electron chi connectivity index (χ1n) is 3.39. The summed E-state index contributed by atoms with van der Waals surface area (Å²) in [6.07, 6.45) is 1.27. The number of aromatic nitrogens is 2. The summed E-state index contributed by atoms with van der Waals surface area (Å²) in [5, 5.41) is 3.90. The average Bonchev–Trinajstić information content (AvgIpc) is 2.33. The van der Waals surface area contributed by atoms with E-state index in [-0.39, 0.29) is 15.8 Å². The zero-order chi connectivity index (χ0) is 9.35. The van der Waals surface area contributed by atoms with Crippen molar-refractivity contribution in [3.63, 3.8) is 0 Å². The van der Waals surface area contributed by atoms with Crippen molar-refractivity contribution >= 4 is 21.4 Å². The number of rotatable bonds is 2. The highest BCUT2D eigenvalue weighted by atomic mass is 35.5. The predicted octanol–water partition coefficient (Wildman–Crippen LogP) is 0.867. The molecule has 12 heavy (non-hydrogen) atoms. The van der Waals surface area contributed by atoms with Crippen molar-refractivity contribution in [2.75, 3.05) is 5.75 Å². The van der Waals surface area contributed by atoms with Crippen molar-refractivity contribution < 1.29 is 8.42 Å². The van der Waals surface area contributed by atoms with Crippen LogP contribution in [0.25, 0.3) is 0 Å². The first-order valence-corrected chi connectivity index (χ1v) is 5.42. The number of aryl methyl sites for hydroxylation is 1. The van der Waals surface area contributed by atoms with Crippen LogP contribution in [0.1, 0.15) is 6.92 Å². The molecule has 0 atom stereocenters. The molecule has 4 nitrogen and oxygen atoms in total. The molecule has 0 aliphatic rings. The van der Waals surface area contributed by atoms with Gasteiger partial charge < -0.3 is 0 Å². The van der Waals surface area contributed by atoms with Crippen molar-refractivity contribution in [3.8, 4) is 0 Å². The van der Waals surface area contributed by atoms with E-state index in [4.69, 9.17) is 11.6 Å². The minimum absolute atomic E-state index is 0.0401. The summed E-state index contributed by atoms with van der Waals surface area (Å²) in [4.78, 5) is 0.106. The maximum Gasteiger partial charge on any atom is 0.182 e. The van der Waals surface area contributed by atoms with Crippen LogP contribution < -0.4 is 0 Å². The fourth-order valence-electron chi connectivity index (χ4n) is 0.767. The van der Waals surface area contributed by atoms with Crippen molar-refractivity contribution in [2.24, 2.45) is 7.05 Å². The summed E-state index contributed by atoms with van der Waals surface area (Å²) < 4.78 is 23.9. The SMILES string of the molecule is CCS(=O)(=O)c1cnn(C)c1Cl. The van der Waals surface area contributed by atoms with E-state index in [9.17, 15) is 8.42 Å². The molecule has 68 valence electrons. The third-order valence-corrected chi connectivity index (χ3v) is 3.84. The maximum atomic E-state index is 11.3. The number of hydrogen-bond acceptors (Lipinski definition) is 3. The van der Waals surface area contributed by atoms with Crippen LogP contribution in [0.15, 0.2) is 11.1 Å². The second-order valence-corrected chi connectivity index (χ2v) is 4.93. The lowest BCUT2D eigenvalue weighted by atomic mass is 10.7. The van der Waals surface area contributed by atoms with Crippen molar-refractivity contribution in [1.82, 2.24) is 9.78 Å². The molecule has 1 aromatic rings. The van der Waals surface area contributed by atoms with E-state index >= 15 is 0 Å². The Bertz CT molecular complexity index is 382. The maximum absolute atomic E-state index is 11.3. The van der Waals surface area contributed by atoms with Gasteiger partial charge in [-0.1, -0.05) is 18.5 Å². The monoisotopic (exact) mass is 208 g/mol. The minimum atomic E-state index is -3.22. The Labute approximate surface area is 76.1 Å². The molecule has 0 aromatic carbocycles. The molecular weight excluding hydrogens is 200 g/mol. The lowest BCUT2D eigenvalue weighted by molar-refractivity contribution is 0.597. The number of sulfone groups is 1. The van der Waals surface area contributed by atoms with E-state index in [1.54, 1.807) is 14.0 Å². The lowest BCUT2D eigenvalue weighted by Gasteiger charge is -1.97. The summed E-state index contributed by atoms with van der Waals surface area (Å²) in [6, 6.07) is 0. The molecule has 0 saturated carbocycles. The Kier molecular flexibility index (Phi) is 2.44. The van der Waals surface area contributed by atoms with Crippen LogP contribution in [0.4, 0.5) is 0 Å². The molecule has 1 heterocycles. The molecular formula is C6H9ClN2O2S. The number of halogens is 1. The van der Waals surface area contributed by atoms with Gasteiger partial charge in [-0.3, -0.25) is 4.68 Å². The lowest BCUT2D eigenvalue weighted by Crippen LogP contribution is -2.03. The van der Waals surface area contributed by atoms with Crippen LogP contribution in [0.3, 0.4) is 0 Å². The predicted molar refractivity (Wildman–Crippen MR) is 45.9 cm³/mol. The minimum Gasteiger partial charge on any atom is -0.256 e. The molecule has 0 bridgehead atoms. The fourth-order valence-corrected chi connectivity index (χ4v) is 2.12. The van der Waals surface area contributed by atoms with Crippen LogP contribution in [0.5, 0.6) is 0 Å². The van der Waals surface area contributed by atoms with Gasteiger partial charge in [-0.2, -0.15) is 5.10 Å². The van der Waals surface area contributed by atoms with Gasteiger partial charge in [0, 0.05) is 7.05 Å². The van der Waals surface area contributed by atoms with Crippen molar-refractivity contribution in [1.29, 1.82) is 0 Å². The molecule has 0 amide bonds. The fraction of sp³-hybridized carbons (Fsp3) is 0.500. The van der Waals surface area contributed by atoms with Gasteiger partial charge in [0.15, 0.2) is 9.84 Å². The summed E-state index contributed by atoms with van der Waals surface area (Å²) in [7, 11) is -1.63. The standard InChI is InChI=1S/C6H9ClN2O2S/c1-3-12(10,11)5-4-8-9(2)6(5)7/h4H,3H2,1-2H3. The van der Waals surface area contributed by atoms with Gasteiger partial charge in [-0.05, 0) is 0 Å². The van der Waals surface area contributed by atoms with E-state index < -0.39 is 9.84 Å². The van der Waals surface area contributed by atoms with Gasteiger partial charge in [0.25, 0.3) is 0 Å². The van der Waals surface area contributed by atoms with E-state index in [2.05, 4.69) is 5.10 Å². The molecule has 0 unspecified atom stereocenters. The van der Waals surface area contributed by atoms with Crippen LogP contribution >= 0.6 is 11.6 Å². The summed E-state index contributed by atoms with van der Waals surface area (Å²) in [5.41, 5.74) is 0. The van der Waals surface area contributed by atoms with Gasteiger partial charge in [0.1, 0.15) is 10.0 Å². The first kappa shape index (κ1) is 9.54. The summed E-state index contributed by atoms with van der Waals surface area (Å²) >= 11 is 5.69. The Hall–Kier alpha value is -0.550. The number of nitrogens with zero attached hydrogens (tertiary/aromatic N) is 2. The van der Waals surface area contributed by atoms with Gasteiger partial charge >= 0.3 is 0 Å². The third kappa shape index (κ3) is 1.47. The largest absolute Gasteiger partial charge is 0.256 e. The third-order valence-electron chi connectivity index (χ3n) is 1.55. The molecule has 0 fully saturated rings. The molecule has 0 N–H and O–H groups in total. The Morgan fingerprint density at radius 2 is 2.25 bits per heavy atom. The van der Waals surface area contributed by atoms with Crippen LogP contribution in [0, 0.1) is 0 Å². The Morgan fingerprint density at radius 3 is 2.58 bits per heavy atom. The second kappa shape index (κ2) is 3.06. The molecule has 6 heteroatoms. The zero-order valence-electron chi connectivity index (χ0n) is 6.78. The van der Waals surface area contributed by atoms with E-state index in [0.717, 1.165) is 0 Å². The van der Waals surface area contributed by atoms with E-state index in [1.807, 2.05) is 0 Å². The average molecular weight is 209 g/mol. The second-order valence-electron chi connectivity index (χ2n) is 2.33. The van der Waals surface area contributed by atoms with E-state index in [1.165, 1.54) is 10.9 Å². The molecule has 0 radical (unpaired) electrons. The smallest absolute Gasteiger partial charge is 0.182 e. The molecule has 0 aliphatic heterocycles. The van der Waals surface area contributed by atoms with Gasteiger partial charge in [-0.15, -0.1) is 0 Å². The summed E-state index contributed by atoms with van der Waals surface area (Å²) in [5.74, 6) is 0.0401. The highest BCUT2D eigenvalue weighted by Crippen LogP contribution is 2.20. The molecule has 0 spiro atoms. The Balaban J connectivity index is 3.30. The van der Waals surface area contributed by atoms with Gasteiger partial charge in [-0.25, -0.2) is 8.42 Å². The normalized spacial score (nSPS) is 11.9. The molecule has 1 rings (SSSR count). The highest BCUT2D eigenvalue weighted by Gasteiger charge is 2.18. The van der Waals surface area contributed by atoms with Crippen LogP contribution in [0.2, 0.25) is 5.15 Å². The van der Waals surface area contributed by atoms with Gasteiger partial charge in [0.2, 0.25) is 0 Å². The molecule has 0 saturated heterocycles. The van der Waals surface area contributed by atoms with Crippen LogP contribution in [-0.2, 0) is 16.9 Å².